The van der Waals surface area contributed by atoms with Crippen LogP contribution in [0, 0.1) is 0 Å². The van der Waals surface area contributed by atoms with E-state index in [1.807, 2.05) is 6.07 Å². The first-order valence-electron chi connectivity index (χ1n) is 7.22. The molecular weight excluding hydrogens is 334 g/mol. The van der Waals surface area contributed by atoms with Crippen LogP contribution >= 0.6 is 15.9 Å². The van der Waals surface area contributed by atoms with Gasteiger partial charge in [0.05, 0.1) is 7.11 Å². The summed E-state index contributed by atoms with van der Waals surface area (Å²) in [6.07, 6.45) is 4.82. The number of carbonyl (C=O) groups is 2. The molecule has 0 bridgehead atoms. The molecule has 1 aromatic carbocycles. The third-order valence-electron chi connectivity index (χ3n) is 3.22. The lowest BCUT2D eigenvalue weighted by molar-refractivity contribution is -0.143. The van der Waals surface area contributed by atoms with Gasteiger partial charge in [0.2, 0.25) is 0 Å². The molecule has 5 heteroatoms. The number of hydrogen-bond acceptors (Lipinski definition) is 3. The van der Waals surface area contributed by atoms with Crippen LogP contribution in [-0.4, -0.2) is 25.0 Å². The van der Waals surface area contributed by atoms with Crippen LogP contribution in [0.3, 0.4) is 0 Å². The molecule has 1 N–H and O–H groups in total. The van der Waals surface area contributed by atoms with Crippen molar-refractivity contribution in [1.29, 1.82) is 0 Å². The zero-order valence-corrected chi connectivity index (χ0v) is 14.1. The lowest BCUT2D eigenvalue weighted by Gasteiger charge is -2.16. The number of methoxy groups -OCH3 is 1. The van der Waals surface area contributed by atoms with Gasteiger partial charge in [-0.1, -0.05) is 54.6 Å². The zero-order valence-electron chi connectivity index (χ0n) is 12.5. The lowest BCUT2D eigenvalue weighted by Crippen LogP contribution is -2.41. The number of unbranched alkanes of at least 4 members (excludes halogenated alkanes) is 3. The number of hydrogen-bond donors (Lipinski definition) is 1. The number of ether oxygens (including phenoxy) is 1. The average molecular weight is 356 g/mol. The highest BCUT2D eigenvalue weighted by molar-refractivity contribution is 9.10. The Balaban J connectivity index is 2.63. The number of halogens is 1. The summed E-state index contributed by atoms with van der Waals surface area (Å²) in [5.74, 6) is -0.656. The number of amides is 1. The molecule has 4 nitrogen and oxygen atoms in total. The average Bonchev–Trinajstić information content (AvgIpc) is 2.49. The number of rotatable bonds is 8. The van der Waals surface area contributed by atoms with E-state index in [0.29, 0.717) is 12.0 Å². The Kier molecular flexibility index (Phi) is 8.05. The highest BCUT2D eigenvalue weighted by Gasteiger charge is 2.21. The first-order valence-corrected chi connectivity index (χ1v) is 8.02. The van der Waals surface area contributed by atoms with Crippen molar-refractivity contribution in [2.45, 2.75) is 45.1 Å². The Bertz CT molecular complexity index is 476. The fourth-order valence-electron chi connectivity index (χ4n) is 2.04. The number of esters is 1. The van der Waals surface area contributed by atoms with Crippen molar-refractivity contribution in [1.82, 2.24) is 5.32 Å². The predicted molar refractivity (Wildman–Crippen MR) is 86.2 cm³/mol. The van der Waals surface area contributed by atoms with Crippen LogP contribution in [0.1, 0.15) is 49.4 Å². The molecule has 0 radical (unpaired) electrons. The van der Waals surface area contributed by atoms with Gasteiger partial charge in [-0.05, 0) is 24.6 Å². The minimum Gasteiger partial charge on any atom is -0.467 e. The van der Waals surface area contributed by atoms with E-state index in [0.717, 1.165) is 30.2 Å². The Hall–Kier alpha value is -1.36. The molecule has 21 heavy (non-hydrogen) atoms. The second-order valence-electron chi connectivity index (χ2n) is 4.91. The standard InChI is InChI=1S/C16H22BrNO3/c1-3-4-5-6-10-14(16(20)21-2)18-15(19)12-8-7-9-13(17)11-12/h7-9,11,14H,3-6,10H2,1-2H3,(H,18,19)/t14-/m0/s1. The molecular formula is C16H22BrNO3. The van der Waals surface area contributed by atoms with Crippen LogP contribution in [0.5, 0.6) is 0 Å². The molecule has 0 saturated carbocycles. The number of carbonyl (C=O) groups excluding carboxylic acids is 2. The van der Waals surface area contributed by atoms with Gasteiger partial charge in [0.25, 0.3) is 5.91 Å². The quantitative estimate of drug-likeness (QED) is 0.571. The van der Waals surface area contributed by atoms with Crippen LogP contribution in [0.15, 0.2) is 28.7 Å². The summed E-state index contributed by atoms with van der Waals surface area (Å²) in [4.78, 5) is 23.9. The van der Waals surface area contributed by atoms with E-state index in [1.165, 1.54) is 7.11 Å². The van der Waals surface area contributed by atoms with E-state index in [1.54, 1.807) is 18.2 Å². The lowest BCUT2D eigenvalue weighted by atomic mass is 10.1. The van der Waals surface area contributed by atoms with Crippen molar-refractivity contribution >= 4 is 27.8 Å². The summed E-state index contributed by atoms with van der Waals surface area (Å²) >= 11 is 3.33. The monoisotopic (exact) mass is 355 g/mol. The van der Waals surface area contributed by atoms with Crippen LogP contribution in [0.2, 0.25) is 0 Å². The maximum absolute atomic E-state index is 12.2. The van der Waals surface area contributed by atoms with Crippen LogP contribution in [-0.2, 0) is 9.53 Å². The third-order valence-corrected chi connectivity index (χ3v) is 3.72. The molecule has 1 rings (SSSR count). The van der Waals surface area contributed by atoms with Gasteiger partial charge in [-0.25, -0.2) is 4.79 Å². The summed E-state index contributed by atoms with van der Waals surface area (Å²) in [7, 11) is 1.34. The van der Waals surface area contributed by atoms with Crippen molar-refractivity contribution in [3.05, 3.63) is 34.3 Å². The SMILES string of the molecule is CCCCCC[C@H](NC(=O)c1cccc(Br)c1)C(=O)OC. The molecule has 0 aliphatic heterocycles. The van der Waals surface area contributed by atoms with Gasteiger partial charge in [-0.15, -0.1) is 0 Å². The second-order valence-corrected chi connectivity index (χ2v) is 5.82. The van der Waals surface area contributed by atoms with Gasteiger partial charge < -0.3 is 10.1 Å². The van der Waals surface area contributed by atoms with Gasteiger partial charge in [0, 0.05) is 10.0 Å². The normalized spacial score (nSPS) is 11.8. The summed E-state index contributed by atoms with van der Waals surface area (Å²) in [5.41, 5.74) is 0.520. The molecule has 0 aliphatic rings. The molecule has 0 unspecified atom stereocenters. The number of benzene rings is 1. The fraction of sp³-hybridized carbons (Fsp3) is 0.500. The van der Waals surface area contributed by atoms with Crippen LogP contribution < -0.4 is 5.32 Å². The molecule has 1 aromatic rings. The van der Waals surface area contributed by atoms with E-state index in [4.69, 9.17) is 4.74 Å². The van der Waals surface area contributed by atoms with Gasteiger partial charge >= 0.3 is 5.97 Å². The Morgan fingerprint density at radius 3 is 2.67 bits per heavy atom. The Morgan fingerprint density at radius 1 is 1.29 bits per heavy atom. The van der Waals surface area contributed by atoms with Crippen molar-refractivity contribution in [2.75, 3.05) is 7.11 Å². The first-order chi connectivity index (χ1) is 10.1. The van der Waals surface area contributed by atoms with Gasteiger partial charge in [0.15, 0.2) is 0 Å². The van der Waals surface area contributed by atoms with E-state index < -0.39 is 12.0 Å². The topological polar surface area (TPSA) is 55.4 Å². The van der Waals surface area contributed by atoms with Crippen LogP contribution in [0.4, 0.5) is 0 Å². The maximum atomic E-state index is 12.2. The molecule has 0 fully saturated rings. The molecule has 0 saturated heterocycles. The number of nitrogens with one attached hydrogen (secondary N) is 1. The summed E-state index contributed by atoms with van der Waals surface area (Å²) in [5, 5.41) is 2.75. The fourth-order valence-corrected chi connectivity index (χ4v) is 2.44. The molecule has 116 valence electrons. The minimum atomic E-state index is -0.585. The zero-order chi connectivity index (χ0) is 15.7. The predicted octanol–water partition coefficient (Wildman–Crippen LogP) is 3.69. The smallest absolute Gasteiger partial charge is 0.328 e. The van der Waals surface area contributed by atoms with E-state index in [2.05, 4.69) is 28.2 Å². The highest BCUT2D eigenvalue weighted by Crippen LogP contribution is 2.13. The molecule has 0 aromatic heterocycles. The molecule has 1 atom stereocenters. The first kappa shape index (κ1) is 17.7. The van der Waals surface area contributed by atoms with Gasteiger partial charge in [0.1, 0.15) is 6.04 Å². The Labute approximate surface area is 134 Å². The molecule has 0 spiro atoms. The minimum absolute atomic E-state index is 0.262. The van der Waals surface area contributed by atoms with E-state index >= 15 is 0 Å². The van der Waals surface area contributed by atoms with Crippen molar-refractivity contribution in [3.63, 3.8) is 0 Å². The summed E-state index contributed by atoms with van der Waals surface area (Å²) < 4.78 is 5.59. The summed E-state index contributed by atoms with van der Waals surface area (Å²) in [6.45, 7) is 2.13. The highest BCUT2D eigenvalue weighted by atomic mass is 79.9. The van der Waals surface area contributed by atoms with E-state index in [-0.39, 0.29) is 5.91 Å². The van der Waals surface area contributed by atoms with Crippen LogP contribution in [0.25, 0.3) is 0 Å². The molecule has 0 heterocycles. The largest absolute Gasteiger partial charge is 0.467 e. The second kappa shape index (κ2) is 9.55. The Morgan fingerprint density at radius 2 is 2.05 bits per heavy atom. The van der Waals surface area contributed by atoms with Gasteiger partial charge in [-0.3, -0.25) is 4.79 Å². The van der Waals surface area contributed by atoms with E-state index in [9.17, 15) is 9.59 Å². The summed E-state index contributed by atoms with van der Waals surface area (Å²) in [6, 6.07) is 6.48. The van der Waals surface area contributed by atoms with Crippen molar-refractivity contribution in [3.8, 4) is 0 Å². The molecule has 1 amide bonds. The van der Waals surface area contributed by atoms with Gasteiger partial charge in [-0.2, -0.15) is 0 Å². The van der Waals surface area contributed by atoms with Crippen molar-refractivity contribution in [2.24, 2.45) is 0 Å². The van der Waals surface area contributed by atoms with Crippen molar-refractivity contribution < 1.29 is 14.3 Å². The third kappa shape index (κ3) is 6.29. The molecule has 0 aliphatic carbocycles. The maximum Gasteiger partial charge on any atom is 0.328 e.